The van der Waals surface area contributed by atoms with E-state index in [9.17, 15) is 4.79 Å². The average molecular weight is 289 g/mol. The summed E-state index contributed by atoms with van der Waals surface area (Å²) in [5.41, 5.74) is 0.804. The number of carbonyl (C=O) groups is 1. The number of nitriles is 1. The quantitative estimate of drug-likeness (QED) is 0.601. The summed E-state index contributed by atoms with van der Waals surface area (Å²) in [5, 5.41) is 15.2. The van der Waals surface area contributed by atoms with E-state index in [0.717, 1.165) is 5.56 Å². The van der Waals surface area contributed by atoms with E-state index in [4.69, 9.17) is 29.1 Å². The SMILES string of the molecule is N#CC1C(=O)NC(=S)NC1c1ccc(Cl)cc1.[Na]. The van der Waals surface area contributed by atoms with Gasteiger partial charge < -0.3 is 10.6 Å². The molecule has 4 nitrogen and oxygen atoms in total. The third-order valence-electron chi connectivity index (χ3n) is 2.51. The molecule has 87 valence electrons. The van der Waals surface area contributed by atoms with Gasteiger partial charge in [0.1, 0.15) is 5.92 Å². The van der Waals surface area contributed by atoms with E-state index in [1.165, 1.54) is 0 Å². The summed E-state index contributed by atoms with van der Waals surface area (Å²) < 4.78 is 0. The van der Waals surface area contributed by atoms with Crippen LogP contribution in [0.25, 0.3) is 0 Å². The normalized spacial score (nSPS) is 22.2. The Bertz CT molecular complexity index is 514. The van der Waals surface area contributed by atoms with Gasteiger partial charge in [-0.05, 0) is 29.9 Å². The topological polar surface area (TPSA) is 64.9 Å². The maximum atomic E-state index is 11.6. The first kappa shape index (κ1) is 15.4. The van der Waals surface area contributed by atoms with Crippen LogP contribution in [0.1, 0.15) is 11.6 Å². The van der Waals surface area contributed by atoms with E-state index in [2.05, 4.69) is 10.6 Å². The van der Waals surface area contributed by atoms with Crippen molar-refractivity contribution in [1.82, 2.24) is 10.6 Å². The second-order valence-electron chi connectivity index (χ2n) is 3.60. The zero-order valence-electron chi connectivity index (χ0n) is 9.61. The van der Waals surface area contributed by atoms with E-state index in [1.54, 1.807) is 24.3 Å². The van der Waals surface area contributed by atoms with Crippen molar-refractivity contribution in [2.75, 3.05) is 0 Å². The van der Waals surface area contributed by atoms with Crippen LogP contribution >= 0.6 is 23.8 Å². The first-order valence-corrected chi connectivity index (χ1v) is 5.67. The van der Waals surface area contributed by atoms with Crippen molar-refractivity contribution in [3.05, 3.63) is 34.9 Å². The molecule has 1 amide bonds. The molecular formula is C11H8ClN3NaOS. The number of benzene rings is 1. The van der Waals surface area contributed by atoms with Gasteiger partial charge in [0.05, 0.1) is 12.1 Å². The summed E-state index contributed by atoms with van der Waals surface area (Å²) in [4.78, 5) is 11.6. The fourth-order valence-corrected chi connectivity index (χ4v) is 2.03. The second-order valence-corrected chi connectivity index (χ2v) is 4.44. The zero-order valence-corrected chi connectivity index (χ0v) is 13.2. The standard InChI is InChI=1S/C11H8ClN3OS.Na/c12-7-3-1-6(2-4-7)9-8(5-13)10(16)15-11(17)14-9;/h1-4,8-9H,(H2,14,15,16,17);. The van der Waals surface area contributed by atoms with Gasteiger partial charge in [0.25, 0.3) is 0 Å². The maximum absolute atomic E-state index is 11.6. The van der Waals surface area contributed by atoms with Crippen molar-refractivity contribution in [2.45, 2.75) is 6.04 Å². The molecule has 0 bridgehead atoms. The van der Waals surface area contributed by atoms with Gasteiger partial charge in [0.2, 0.25) is 5.91 Å². The first-order chi connectivity index (χ1) is 8.11. The number of halogens is 1. The summed E-state index contributed by atoms with van der Waals surface area (Å²) >= 11 is 10.7. The van der Waals surface area contributed by atoms with Crippen LogP contribution in [0.2, 0.25) is 5.02 Å². The molecule has 1 fully saturated rings. The molecule has 1 aromatic rings. The number of amides is 1. The third-order valence-corrected chi connectivity index (χ3v) is 2.98. The molecule has 2 N–H and O–H groups in total. The molecule has 7 heteroatoms. The van der Waals surface area contributed by atoms with Gasteiger partial charge in [0.15, 0.2) is 5.11 Å². The van der Waals surface area contributed by atoms with Gasteiger partial charge in [-0.15, -0.1) is 0 Å². The summed E-state index contributed by atoms with van der Waals surface area (Å²) in [7, 11) is 0. The molecule has 0 saturated carbocycles. The Labute approximate surface area is 137 Å². The summed E-state index contributed by atoms with van der Waals surface area (Å²) in [6.45, 7) is 0. The molecule has 1 radical (unpaired) electrons. The molecule has 2 rings (SSSR count). The number of carbonyl (C=O) groups excluding carboxylic acids is 1. The van der Waals surface area contributed by atoms with Crippen molar-refractivity contribution in [1.29, 1.82) is 5.26 Å². The Morgan fingerprint density at radius 1 is 1.33 bits per heavy atom. The van der Waals surface area contributed by atoms with Crippen LogP contribution in [0, 0.1) is 17.2 Å². The number of hydrogen-bond donors (Lipinski definition) is 2. The molecule has 2 atom stereocenters. The monoisotopic (exact) mass is 288 g/mol. The summed E-state index contributed by atoms with van der Waals surface area (Å²) in [5.74, 6) is -1.18. The Morgan fingerprint density at radius 2 is 1.94 bits per heavy atom. The summed E-state index contributed by atoms with van der Waals surface area (Å²) in [6, 6.07) is 8.50. The molecule has 0 aliphatic carbocycles. The second kappa shape index (κ2) is 6.50. The van der Waals surface area contributed by atoms with Crippen molar-refractivity contribution in [2.24, 2.45) is 5.92 Å². The minimum absolute atomic E-state index is 0. The van der Waals surface area contributed by atoms with Gasteiger partial charge in [-0.3, -0.25) is 4.79 Å². The van der Waals surface area contributed by atoms with E-state index in [1.807, 2.05) is 6.07 Å². The minimum Gasteiger partial charge on any atom is -0.354 e. The van der Waals surface area contributed by atoms with Crippen molar-refractivity contribution in [3.63, 3.8) is 0 Å². The Hall–Kier alpha value is -0.640. The molecule has 1 saturated heterocycles. The largest absolute Gasteiger partial charge is 0.354 e. The molecule has 1 aliphatic heterocycles. The molecule has 1 aromatic carbocycles. The predicted molar refractivity (Wildman–Crippen MR) is 72.9 cm³/mol. The maximum Gasteiger partial charge on any atom is 0.245 e. The molecule has 0 aromatic heterocycles. The molecular weight excluding hydrogens is 281 g/mol. The van der Waals surface area contributed by atoms with Gasteiger partial charge in [-0.2, -0.15) is 5.26 Å². The molecule has 1 heterocycles. The number of nitrogens with one attached hydrogen (secondary N) is 2. The number of hydrogen-bond acceptors (Lipinski definition) is 3. The number of nitrogens with zero attached hydrogens (tertiary/aromatic N) is 1. The van der Waals surface area contributed by atoms with Gasteiger partial charge in [0, 0.05) is 34.6 Å². The smallest absolute Gasteiger partial charge is 0.245 e. The van der Waals surface area contributed by atoms with Crippen LogP contribution in [0.3, 0.4) is 0 Å². The minimum atomic E-state index is -0.803. The van der Waals surface area contributed by atoms with Crippen LogP contribution in [0.15, 0.2) is 24.3 Å². The zero-order chi connectivity index (χ0) is 12.4. The molecule has 1 aliphatic rings. The van der Waals surface area contributed by atoms with Crippen LogP contribution in [-0.2, 0) is 4.79 Å². The fourth-order valence-electron chi connectivity index (χ4n) is 1.68. The van der Waals surface area contributed by atoms with Crippen LogP contribution in [0.5, 0.6) is 0 Å². The van der Waals surface area contributed by atoms with E-state index in [0.29, 0.717) is 5.02 Å². The van der Waals surface area contributed by atoms with Crippen molar-refractivity contribution in [3.8, 4) is 6.07 Å². The summed E-state index contributed by atoms with van der Waals surface area (Å²) in [6.07, 6.45) is 0. The van der Waals surface area contributed by atoms with Crippen molar-refractivity contribution >= 4 is 64.4 Å². The first-order valence-electron chi connectivity index (χ1n) is 4.88. The number of thiocarbonyl (C=S) groups is 1. The molecule has 18 heavy (non-hydrogen) atoms. The van der Waals surface area contributed by atoms with Gasteiger partial charge >= 0.3 is 0 Å². The Kier molecular flexibility index (Phi) is 5.57. The van der Waals surface area contributed by atoms with Crippen LogP contribution < -0.4 is 10.6 Å². The Balaban J connectivity index is 0.00000162. The van der Waals surface area contributed by atoms with Crippen LogP contribution in [0.4, 0.5) is 0 Å². The van der Waals surface area contributed by atoms with E-state index < -0.39 is 12.0 Å². The van der Waals surface area contributed by atoms with E-state index in [-0.39, 0.29) is 40.6 Å². The molecule has 0 spiro atoms. The number of rotatable bonds is 1. The van der Waals surface area contributed by atoms with Crippen LogP contribution in [-0.4, -0.2) is 40.6 Å². The molecule has 2 unspecified atom stereocenters. The van der Waals surface area contributed by atoms with Gasteiger partial charge in [-0.1, -0.05) is 23.7 Å². The van der Waals surface area contributed by atoms with Crippen molar-refractivity contribution < 1.29 is 4.79 Å². The Morgan fingerprint density at radius 3 is 2.50 bits per heavy atom. The average Bonchev–Trinajstić information content (AvgIpc) is 2.29. The fraction of sp³-hybridized carbons (Fsp3) is 0.182. The van der Waals surface area contributed by atoms with E-state index >= 15 is 0 Å². The van der Waals surface area contributed by atoms with Gasteiger partial charge in [-0.25, -0.2) is 0 Å². The third kappa shape index (κ3) is 3.22. The predicted octanol–water partition coefficient (Wildman–Crippen LogP) is 1.14.